The Bertz CT molecular complexity index is 1040. The third kappa shape index (κ3) is 3.64. The molecule has 0 bridgehead atoms. The molecule has 2 unspecified atom stereocenters. The van der Waals surface area contributed by atoms with Crippen molar-refractivity contribution in [3.63, 3.8) is 0 Å². The zero-order valence-corrected chi connectivity index (χ0v) is 16.9. The zero-order chi connectivity index (χ0) is 20.8. The first-order valence-electron chi connectivity index (χ1n) is 9.87. The molecule has 1 aliphatic rings. The summed E-state index contributed by atoms with van der Waals surface area (Å²) < 4.78 is 1.53. The van der Waals surface area contributed by atoms with Gasteiger partial charge in [0.05, 0.1) is 5.69 Å². The molecule has 0 radical (unpaired) electrons. The van der Waals surface area contributed by atoms with Gasteiger partial charge in [-0.2, -0.15) is 4.98 Å². The van der Waals surface area contributed by atoms with Gasteiger partial charge in [0.25, 0.3) is 6.01 Å². The number of benzene rings is 1. The third-order valence-electron chi connectivity index (χ3n) is 5.90. The number of aromatic hydroxyl groups is 1. The minimum atomic E-state index is -0.834. The maximum Gasteiger partial charge on any atom is 0.407 e. The number of carboxylic acid groups (broad SMARTS) is 1. The molecule has 0 spiro atoms. The summed E-state index contributed by atoms with van der Waals surface area (Å²) in [4.78, 5) is 21.7. The van der Waals surface area contributed by atoms with Crippen LogP contribution in [0.5, 0.6) is 6.01 Å². The summed E-state index contributed by atoms with van der Waals surface area (Å²) in [5, 5.41) is 19.7. The van der Waals surface area contributed by atoms with Gasteiger partial charge < -0.3 is 15.1 Å². The van der Waals surface area contributed by atoms with Crippen LogP contribution < -0.4 is 0 Å². The molecule has 2 atom stereocenters. The highest BCUT2D eigenvalue weighted by atomic mass is 16.4. The zero-order valence-electron chi connectivity index (χ0n) is 16.9. The highest BCUT2D eigenvalue weighted by Gasteiger charge is 2.38. The summed E-state index contributed by atoms with van der Waals surface area (Å²) >= 11 is 0. The van der Waals surface area contributed by atoms with Crippen molar-refractivity contribution in [2.75, 3.05) is 6.54 Å². The number of hydrogen-bond donors (Lipinski definition) is 2. The molecule has 0 saturated carbocycles. The standard InChI is InChI=1S/C22H26N4O3/c1-22(2,3)18-12-16(8-10-25(18)21(28)29)14-4-6-15(7-5-14)17-13-19-23-9-11-26(19)20(27)24-17/h4-7,9,11,13,16,18H,8,10,12H2,1-3H3,(H,24,27)(H,28,29). The molecule has 4 rings (SSSR count). The minimum absolute atomic E-state index is 0.0140. The molecule has 1 aliphatic heterocycles. The molecule has 1 aromatic carbocycles. The van der Waals surface area contributed by atoms with Gasteiger partial charge in [0.1, 0.15) is 5.65 Å². The number of imidazole rings is 1. The number of piperidine rings is 1. The van der Waals surface area contributed by atoms with Crippen molar-refractivity contribution in [1.82, 2.24) is 19.3 Å². The first-order valence-corrected chi connectivity index (χ1v) is 9.87. The molecule has 7 heteroatoms. The number of likely N-dealkylation sites (tertiary alicyclic amines) is 1. The Morgan fingerprint density at radius 1 is 1.21 bits per heavy atom. The van der Waals surface area contributed by atoms with Gasteiger partial charge in [-0.1, -0.05) is 45.0 Å². The van der Waals surface area contributed by atoms with Crippen molar-refractivity contribution in [3.8, 4) is 17.3 Å². The van der Waals surface area contributed by atoms with Crippen LogP contribution in [-0.4, -0.2) is 48.2 Å². The molecule has 0 aliphatic carbocycles. The molecule has 1 saturated heterocycles. The van der Waals surface area contributed by atoms with Crippen LogP contribution in [0.2, 0.25) is 0 Å². The van der Waals surface area contributed by atoms with E-state index in [4.69, 9.17) is 0 Å². The Labute approximate surface area is 169 Å². The minimum Gasteiger partial charge on any atom is -0.480 e. The summed E-state index contributed by atoms with van der Waals surface area (Å²) in [6.45, 7) is 6.85. The van der Waals surface area contributed by atoms with E-state index >= 15 is 0 Å². The number of carbonyl (C=O) groups is 1. The van der Waals surface area contributed by atoms with Gasteiger partial charge in [0.15, 0.2) is 0 Å². The molecule has 2 N–H and O–H groups in total. The van der Waals surface area contributed by atoms with E-state index in [9.17, 15) is 15.0 Å². The van der Waals surface area contributed by atoms with Crippen molar-refractivity contribution in [2.24, 2.45) is 5.41 Å². The number of fused-ring (bicyclic) bond motifs is 1. The van der Waals surface area contributed by atoms with E-state index in [0.717, 1.165) is 18.4 Å². The number of amides is 1. The SMILES string of the molecule is CC(C)(C)C1CC(c2ccc(-c3cc4nccn4c(O)n3)cc2)CCN1C(=O)O. The maximum absolute atomic E-state index is 11.6. The third-order valence-corrected chi connectivity index (χ3v) is 5.90. The average molecular weight is 394 g/mol. The van der Waals surface area contributed by atoms with Crippen molar-refractivity contribution < 1.29 is 15.0 Å². The lowest BCUT2D eigenvalue weighted by Gasteiger charge is -2.44. The molecule has 29 heavy (non-hydrogen) atoms. The molecule has 2 aromatic heterocycles. The monoisotopic (exact) mass is 394 g/mol. The van der Waals surface area contributed by atoms with Crippen LogP contribution in [-0.2, 0) is 0 Å². The Kier molecular flexibility index (Phi) is 4.68. The fourth-order valence-corrected chi connectivity index (χ4v) is 4.30. The van der Waals surface area contributed by atoms with Crippen LogP contribution in [0, 0.1) is 5.41 Å². The summed E-state index contributed by atoms with van der Waals surface area (Å²) in [7, 11) is 0. The first kappa shape index (κ1) is 19.2. The molecule has 1 amide bonds. The molecular weight excluding hydrogens is 368 g/mol. The van der Waals surface area contributed by atoms with Crippen molar-refractivity contribution in [3.05, 3.63) is 48.3 Å². The fraction of sp³-hybridized carbons (Fsp3) is 0.409. The van der Waals surface area contributed by atoms with Crippen LogP contribution >= 0.6 is 0 Å². The van der Waals surface area contributed by atoms with E-state index in [2.05, 4.69) is 42.9 Å². The largest absolute Gasteiger partial charge is 0.480 e. The van der Waals surface area contributed by atoms with Gasteiger partial charge in [-0.25, -0.2) is 9.78 Å². The smallest absolute Gasteiger partial charge is 0.407 e. The van der Waals surface area contributed by atoms with Crippen molar-refractivity contribution >= 4 is 11.7 Å². The summed E-state index contributed by atoms with van der Waals surface area (Å²) in [6, 6.07) is 9.93. The number of rotatable bonds is 2. The topological polar surface area (TPSA) is 91.0 Å². The number of nitrogens with zero attached hydrogens (tertiary/aromatic N) is 4. The first-order chi connectivity index (χ1) is 13.7. The van der Waals surface area contributed by atoms with Crippen molar-refractivity contribution in [2.45, 2.75) is 45.6 Å². The van der Waals surface area contributed by atoms with Crippen molar-refractivity contribution in [1.29, 1.82) is 0 Å². The van der Waals surface area contributed by atoms with E-state index in [1.54, 1.807) is 17.3 Å². The Balaban J connectivity index is 1.58. The van der Waals surface area contributed by atoms with Gasteiger partial charge in [-0.3, -0.25) is 4.40 Å². The molecule has 3 aromatic rings. The number of hydrogen-bond acceptors (Lipinski definition) is 4. The van der Waals surface area contributed by atoms with E-state index in [1.807, 2.05) is 18.2 Å². The van der Waals surface area contributed by atoms with Crippen LogP contribution in [0.1, 0.15) is 45.1 Å². The van der Waals surface area contributed by atoms with Crippen LogP contribution in [0.3, 0.4) is 0 Å². The second-order valence-corrected chi connectivity index (χ2v) is 8.80. The Hall–Kier alpha value is -3.09. The van der Waals surface area contributed by atoms with Crippen LogP contribution in [0.4, 0.5) is 4.79 Å². The van der Waals surface area contributed by atoms with E-state index < -0.39 is 6.09 Å². The van der Waals surface area contributed by atoms with Gasteiger partial charge in [0.2, 0.25) is 0 Å². The molecule has 1 fully saturated rings. The lowest BCUT2D eigenvalue weighted by molar-refractivity contribution is 0.0526. The fourth-order valence-electron chi connectivity index (χ4n) is 4.30. The van der Waals surface area contributed by atoms with Gasteiger partial charge >= 0.3 is 6.09 Å². The van der Waals surface area contributed by atoms with Gasteiger partial charge in [-0.15, -0.1) is 0 Å². The predicted molar refractivity (Wildman–Crippen MR) is 110 cm³/mol. The summed E-state index contributed by atoms with van der Waals surface area (Å²) in [5.74, 6) is 0.319. The second-order valence-electron chi connectivity index (χ2n) is 8.80. The average Bonchev–Trinajstić information content (AvgIpc) is 3.16. The maximum atomic E-state index is 11.6. The lowest BCUT2D eigenvalue weighted by atomic mass is 9.75. The normalized spacial score (nSPS) is 20.2. The molecule has 7 nitrogen and oxygen atoms in total. The Morgan fingerprint density at radius 3 is 2.59 bits per heavy atom. The molecule has 152 valence electrons. The molecular formula is C22H26N4O3. The second kappa shape index (κ2) is 7.06. The van der Waals surface area contributed by atoms with E-state index in [0.29, 0.717) is 23.8 Å². The van der Waals surface area contributed by atoms with E-state index in [-0.39, 0.29) is 17.5 Å². The summed E-state index contributed by atoms with van der Waals surface area (Å²) in [5.41, 5.74) is 3.31. The quantitative estimate of drug-likeness (QED) is 0.673. The lowest BCUT2D eigenvalue weighted by Crippen LogP contribution is -2.51. The van der Waals surface area contributed by atoms with E-state index in [1.165, 1.54) is 9.96 Å². The van der Waals surface area contributed by atoms with Gasteiger partial charge in [-0.05, 0) is 29.7 Å². The predicted octanol–water partition coefficient (Wildman–Crippen LogP) is 4.37. The highest BCUT2D eigenvalue weighted by molar-refractivity contribution is 5.66. The Morgan fingerprint density at radius 2 is 1.93 bits per heavy atom. The van der Waals surface area contributed by atoms with Crippen LogP contribution in [0.15, 0.2) is 42.7 Å². The molecule has 3 heterocycles. The van der Waals surface area contributed by atoms with Crippen LogP contribution in [0.25, 0.3) is 16.9 Å². The van der Waals surface area contributed by atoms with Gasteiger partial charge in [0, 0.05) is 36.6 Å². The number of aromatic nitrogens is 3. The summed E-state index contributed by atoms with van der Waals surface area (Å²) in [6.07, 6.45) is 4.09. The highest BCUT2D eigenvalue weighted by Crippen LogP contribution is 2.39.